The Labute approximate surface area is 155 Å². The minimum absolute atomic E-state index is 0.00958. The quantitative estimate of drug-likeness (QED) is 0.817. The standard InChI is InChI=1S/C20H17FN2O4/c21-15-7-10-16(11-8-15)22-19(26)20(13-18(24)25)12-17(23-27-20)9-6-14-4-2-1-3-5-14/h1-11H,12-13H2,(H,22,26)(H,24,25)/b9-6+/t20-/m0/s1. The number of amides is 1. The summed E-state index contributed by atoms with van der Waals surface area (Å²) in [5.74, 6) is -2.28. The molecule has 0 aliphatic carbocycles. The first kappa shape index (κ1) is 18.3. The van der Waals surface area contributed by atoms with Crippen LogP contribution in [0.5, 0.6) is 0 Å². The molecule has 138 valence electrons. The Morgan fingerprint density at radius 1 is 1.15 bits per heavy atom. The van der Waals surface area contributed by atoms with Gasteiger partial charge in [-0.15, -0.1) is 0 Å². The summed E-state index contributed by atoms with van der Waals surface area (Å²) in [6.07, 6.45) is 2.95. The predicted molar refractivity (Wildman–Crippen MR) is 98.6 cm³/mol. The van der Waals surface area contributed by atoms with Gasteiger partial charge >= 0.3 is 5.97 Å². The fourth-order valence-corrected chi connectivity index (χ4v) is 2.67. The lowest BCUT2D eigenvalue weighted by Gasteiger charge is -2.23. The Bertz CT molecular complexity index is 894. The monoisotopic (exact) mass is 368 g/mol. The molecule has 0 spiro atoms. The van der Waals surface area contributed by atoms with Crippen molar-refractivity contribution in [2.75, 3.05) is 5.32 Å². The number of benzene rings is 2. The lowest BCUT2D eigenvalue weighted by atomic mass is 9.92. The number of hydrogen-bond donors (Lipinski definition) is 2. The average molecular weight is 368 g/mol. The highest BCUT2D eigenvalue weighted by Gasteiger charge is 2.48. The Kier molecular flexibility index (Phi) is 5.30. The number of anilines is 1. The van der Waals surface area contributed by atoms with Crippen LogP contribution < -0.4 is 5.32 Å². The molecule has 1 atom stereocenters. The van der Waals surface area contributed by atoms with Crippen molar-refractivity contribution in [1.82, 2.24) is 0 Å². The number of hydrogen-bond acceptors (Lipinski definition) is 4. The SMILES string of the molecule is O=C(O)C[C@]1(C(=O)Nc2ccc(F)cc2)CC(/C=C/c2ccccc2)=NO1. The summed E-state index contributed by atoms with van der Waals surface area (Å²) in [7, 11) is 0. The summed E-state index contributed by atoms with van der Waals surface area (Å²) in [4.78, 5) is 29.2. The number of carboxylic acids is 1. The van der Waals surface area contributed by atoms with E-state index >= 15 is 0 Å². The highest BCUT2D eigenvalue weighted by molar-refractivity contribution is 6.08. The molecule has 1 aliphatic rings. The number of carbonyl (C=O) groups is 2. The van der Waals surface area contributed by atoms with Crippen LogP contribution in [0.3, 0.4) is 0 Å². The molecular weight excluding hydrogens is 351 g/mol. The molecule has 2 N–H and O–H groups in total. The molecule has 0 bridgehead atoms. The van der Waals surface area contributed by atoms with Crippen LogP contribution in [0.2, 0.25) is 0 Å². The second-order valence-corrected chi connectivity index (χ2v) is 6.12. The number of nitrogens with zero attached hydrogens (tertiary/aromatic N) is 1. The molecule has 0 radical (unpaired) electrons. The van der Waals surface area contributed by atoms with Crippen molar-refractivity contribution >= 4 is 29.4 Å². The van der Waals surface area contributed by atoms with E-state index in [0.29, 0.717) is 11.4 Å². The van der Waals surface area contributed by atoms with Crippen molar-refractivity contribution in [2.45, 2.75) is 18.4 Å². The first-order valence-electron chi connectivity index (χ1n) is 8.24. The third kappa shape index (κ3) is 4.58. The van der Waals surface area contributed by atoms with Gasteiger partial charge in [0, 0.05) is 12.1 Å². The summed E-state index contributed by atoms with van der Waals surface area (Å²) < 4.78 is 13.0. The van der Waals surface area contributed by atoms with Gasteiger partial charge in [0.05, 0.1) is 12.1 Å². The van der Waals surface area contributed by atoms with Gasteiger partial charge in [-0.25, -0.2) is 4.39 Å². The van der Waals surface area contributed by atoms with Crippen LogP contribution in [0.1, 0.15) is 18.4 Å². The summed E-state index contributed by atoms with van der Waals surface area (Å²) in [5.41, 5.74) is 0.0698. The second kappa shape index (κ2) is 7.82. The molecule has 1 amide bonds. The van der Waals surface area contributed by atoms with Gasteiger partial charge in [-0.1, -0.05) is 41.6 Å². The number of oxime groups is 1. The molecule has 6 nitrogen and oxygen atoms in total. The van der Waals surface area contributed by atoms with Crippen molar-refractivity contribution < 1.29 is 23.9 Å². The molecule has 2 aromatic rings. The van der Waals surface area contributed by atoms with E-state index in [4.69, 9.17) is 4.84 Å². The van der Waals surface area contributed by atoms with E-state index in [1.54, 1.807) is 12.2 Å². The van der Waals surface area contributed by atoms with E-state index in [0.717, 1.165) is 5.56 Å². The van der Waals surface area contributed by atoms with Crippen molar-refractivity contribution in [3.63, 3.8) is 0 Å². The molecule has 0 saturated heterocycles. The summed E-state index contributed by atoms with van der Waals surface area (Å²) in [6, 6.07) is 14.6. The van der Waals surface area contributed by atoms with Crippen LogP contribution in [0.15, 0.2) is 65.8 Å². The van der Waals surface area contributed by atoms with E-state index < -0.39 is 29.7 Å². The highest BCUT2D eigenvalue weighted by atomic mass is 19.1. The number of carbonyl (C=O) groups excluding carboxylic acids is 1. The Morgan fingerprint density at radius 2 is 1.85 bits per heavy atom. The maximum absolute atomic E-state index is 13.0. The number of allylic oxidation sites excluding steroid dienone is 1. The van der Waals surface area contributed by atoms with Crippen molar-refractivity contribution in [3.05, 3.63) is 72.1 Å². The number of rotatable bonds is 6. The molecule has 1 aliphatic heterocycles. The summed E-state index contributed by atoms with van der Waals surface area (Å²) in [6.45, 7) is 0. The van der Waals surface area contributed by atoms with Crippen LogP contribution in [-0.2, 0) is 14.4 Å². The van der Waals surface area contributed by atoms with Gasteiger partial charge in [0.25, 0.3) is 5.91 Å². The molecule has 1 heterocycles. The molecule has 0 unspecified atom stereocenters. The van der Waals surface area contributed by atoms with Gasteiger partial charge in [0.15, 0.2) is 0 Å². The zero-order chi connectivity index (χ0) is 19.3. The van der Waals surface area contributed by atoms with Crippen LogP contribution in [0.4, 0.5) is 10.1 Å². The Balaban J connectivity index is 1.74. The van der Waals surface area contributed by atoms with Crippen molar-refractivity contribution in [3.8, 4) is 0 Å². The number of aliphatic carboxylic acids is 1. The molecule has 0 saturated carbocycles. The molecule has 3 rings (SSSR count). The van der Waals surface area contributed by atoms with Crippen LogP contribution >= 0.6 is 0 Å². The molecule has 0 fully saturated rings. The zero-order valence-corrected chi connectivity index (χ0v) is 14.3. The number of nitrogens with one attached hydrogen (secondary N) is 1. The van der Waals surface area contributed by atoms with Gasteiger partial charge < -0.3 is 15.3 Å². The van der Waals surface area contributed by atoms with E-state index in [-0.39, 0.29) is 6.42 Å². The maximum atomic E-state index is 13.0. The Hall–Kier alpha value is -3.48. The third-order valence-corrected chi connectivity index (χ3v) is 4.02. The molecule has 27 heavy (non-hydrogen) atoms. The van der Waals surface area contributed by atoms with Crippen molar-refractivity contribution in [1.29, 1.82) is 0 Å². The van der Waals surface area contributed by atoms with Gasteiger partial charge in [-0.3, -0.25) is 9.59 Å². The third-order valence-electron chi connectivity index (χ3n) is 4.02. The molecular formula is C20H17FN2O4. The topological polar surface area (TPSA) is 88.0 Å². The smallest absolute Gasteiger partial charge is 0.308 e. The van der Waals surface area contributed by atoms with Crippen LogP contribution in [0.25, 0.3) is 6.08 Å². The fourth-order valence-electron chi connectivity index (χ4n) is 2.67. The lowest BCUT2D eigenvalue weighted by molar-refractivity contribution is -0.152. The minimum atomic E-state index is -1.66. The van der Waals surface area contributed by atoms with Crippen molar-refractivity contribution in [2.24, 2.45) is 5.16 Å². The molecule has 2 aromatic carbocycles. The van der Waals surface area contributed by atoms with E-state index in [2.05, 4.69) is 10.5 Å². The van der Waals surface area contributed by atoms with Gasteiger partial charge in [0.1, 0.15) is 5.82 Å². The number of halogens is 1. The lowest BCUT2D eigenvalue weighted by Crippen LogP contribution is -2.45. The zero-order valence-electron chi connectivity index (χ0n) is 14.3. The van der Waals surface area contributed by atoms with Gasteiger partial charge in [-0.05, 0) is 35.9 Å². The average Bonchev–Trinajstić information content (AvgIpc) is 3.06. The van der Waals surface area contributed by atoms with Gasteiger partial charge in [0.2, 0.25) is 5.60 Å². The first-order valence-corrected chi connectivity index (χ1v) is 8.24. The summed E-state index contributed by atoms with van der Waals surface area (Å²) in [5, 5.41) is 15.6. The maximum Gasteiger partial charge on any atom is 0.308 e. The highest BCUT2D eigenvalue weighted by Crippen LogP contribution is 2.30. The van der Waals surface area contributed by atoms with E-state index in [1.165, 1.54) is 24.3 Å². The molecule has 7 heteroatoms. The molecule has 0 aromatic heterocycles. The fraction of sp³-hybridized carbons (Fsp3) is 0.150. The van der Waals surface area contributed by atoms with E-state index in [9.17, 15) is 19.1 Å². The number of carboxylic acid groups (broad SMARTS) is 1. The van der Waals surface area contributed by atoms with Gasteiger partial charge in [-0.2, -0.15) is 0 Å². The predicted octanol–water partition coefficient (Wildman–Crippen LogP) is 3.47. The van der Waals surface area contributed by atoms with E-state index in [1.807, 2.05) is 30.3 Å². The largest absolute Gasteiger partial charge is 0.481 e. The summed E-state index contributed by atoms with van der Waals surface area (Å²) >= 11 is 0. The second-order valence-electron chi connectivity index (χ2n) is 6.12. The van der Waals surface area contributed by atoms with Crippen LogP contribution in [-0.4, -0.2) is 28.3 Å². The minimum Gasteiger partial charge on any atom is -0.481 e. The van der Waals surface area contributed by atoms with Crippen LogP contribution in [0, 0.1) is 5.82 Å². The first-order chi connectivity index (χ1) is 13.0. The normalized spacial score (nSPS) is 18.8. The Morgan fingerprint density at radius 3 is 2.52 bits per heavy atom.